The van der Waals surface area contributed by atoms with E-state index >= 15 is 0 Å². The van der Waals surface area contributed by atoms with Gasteiger partial charge in [0, 0.05) is 26.7 Å². The molecule has 2 aliphatic heterocycles. The lowest BCUT2D eigenvalue weighted by molar-refractivity contribution is 0.0649. The molecule has 35 heavy (non-hydrogen) atoms. The minimum absolute atomic E-state index is 0.256. The predicted octanol–water partition coefficient (Wildman–Crippen LogP) is 3.39. The van der Waals surface area contributed by atoms with Crippen LogP contribution in [-0.4, -0.2) is 74.8 Å². The smallest absolute Gasteiger partial charge is 0.229 e. The van der Waals surface area contributed by atoms with Crippen LogP contribution in [0, 0.1) is 18.7 Å². The van der Waals surface area contributed by atoms with Gasteiger partial charge < -0.3 is 20.4 Å². The summed E-state index contributed by atoms with van der Waals surface area (Å²) in [5, 5.41) is 18.2. The van der Waals surface area contributed by atoms with Crippen LogP contribution in [0.3, 0.4) is 0 Å². The highest BCUT2D eigenvalue weighted by atomic mass is 19.1. The summed E-state index contributed by atoms with van der Waals surface area (Å²) in [6.07, 6.45) is 8.15. The first-order chi connectivity index (χ1) is 17.0. The number of aromatic nitrogens is 6. The molecule has 2 fully saturated rings. The minimum atomic E-state index is -0.408. The van der Waals surface area contributed by atoms with Crippen molar-refractivity contribution in [3.8, 4) is 5.69 Å². The van der Waals surface area contributed by atoms with E-state index < -0.39 is 5.82 Å². The van der Waals surface area contributed by atoms with E-state index in [2.05, 4.69) is 36.0 Å². The largest absolute Gasteiger partial charge is 0.373 e. The maximum absolute atomic E-state index is 14.6. The van der Waals surface area contributed by atoms with Crippen molar-refractivity contribution >= 4 is 23.1 Å². The maximum atomic E-state index is 14.6. The topological polar surface area (TPSA) is 99.9 Å². The summed E-state index contributed by atoms with van der Waals surface area (Å²) in [6, 6.07) is 5.31. The summed E-state index contributed by atoms with van der Waals surface area (Å²) in [7, 11) is 3.94. The van der Waals surface area contributed by atoms with Gasteiger partial charge in [-0.2, -0.15) is 9.67 Å². The molecule has 2 atom stereocenters. The van der Waals surface area contributed by atoms with Crippen LogP contribution in [-0.2, 0) is 0 Å². The van der Waals surface area contributed by atoms with Crippen molar-refractivity contribution in [3.05, 3.63) is 36.0 Å². The molecule has 0 aliphatic carbocycles. The SMILES string of the molecule is Cc1nnnn1-c1ccc(F)c(Nc2ncc(N(C)C)c(NC[C@@H]3CCCN4CCCC[C@H]34)n2)c1. The molecule has 0 bridgehead atoms. The molecule has 0 radical (unpaired) electrons. The number of halogens is 1. The number of fused-ring (bicyclic) bond motifs is 1. The second-order valence-corrected chi connectivity index (χ2v) is 9.63. The minimum Gasteiger partial charge on any atom is -0.373 e. The summed E-state index contributed by atoms with van der Waals surface area (Å²) in [4.78, 5) is 13.8. The van der Waals surface area contributed by atoms with Gasteiger partial charge in [0.05, 0.1) is 23.3 Å². The molecule has 4 heterocycles. The molecule has 2 aromatic heterocycles. The number of nitrogens with one attached hydrogen (secondary N) is 2. The number of rotatable bonds is 7. The summed E-state index contributed by atoms with van der Waals surface area (Å²) in [5.41, 5.74) is 1.80. The molecular formula is C24H33FN10. The lowest BCUT2D eigenvalue weighted by atomic mass is 9.83. The molecule has 0 unspecified atom stereocenters. The quantitative estimate of drug-likeness (QED) is 0.527. The number of benzene rings is 1. The van der Waals surface area contributed by atoms with Crippen molar-refractivity contribution in [2.45, 2.75) is 45.1 Å². The molecular weight excluding hydrogens is 447 g/mol. The summed E-state index contributed by atoms with van der Waals surface area (Å²) < 4.78 is 16.2. The first kappa shape index (κ1) is 23.4. The Morgan fingerprint density at radius 2 is 2.00 bits per heavy atom. The first-order valence-corrected chi connectivity index (χ1v) is 12.3. The fourth-order valence-corrected chi connectivity index (χ4v) is 5.27. The molecule has 2 saturated heterocycles. The molecule has 2 N–H and O–H groups in total. The first-order valence-electron chi connectivity index (χ1n) is 12.3. The molecule has 3 aromatic rings. The number of hydrogen-bond acceptors (Lipinski definition) is 9. The Balaban J connectivity index is 1.35. The second kappa shape index (κ2) is 10.1. The second-order valence-electron chi connectivity index (χ2n) is 9.63. The van der Waals surface area contributed by atoms with Gasteiger partial charge in [0.2, 0.25) is 5.95 Å². The zero-order valence-corrected chi connectivity index (χ0v) is 20.6. The zero-order chi connectivity index (χ0) is 24.4. The van der Waals surface area contributed by atoms with Crippen molar-refractivity contribution < 1.29 is 4.39 Å². The average Bonchev–Trinajstić information content (AvgIpc) is 3.29. The Labute approximate surface area is 204 Å². The molecule has 1 aromatic carbocycles. The summed E-state index contributed by atoms with van der Waals surface area (Å²) in [6.45, 7) is 5.10. The van der Waals surface area contributed by atoms with Crippen molar-refractivity contribution in [1.29, 1.82) is 0 Å². The third-order valence-corrected chi connectivity index (χ3v) is 7.08. The zero-order valence-electron chi connectivity index (χ0n) is 20.6. The van der Waals surface area contributed by atoms with Gasteiger partial charge in [-0.05, 0) is 80.2 Å². The standard InChI is InChI=1S/C24H33FN10/c1-16-30-31-32-35(16)18-9-10-19(25)20(13-18)28-24-27-15-22(33(2)3)23(29-24)26-14-17-7-6-12-34-11-5-4-8-21(17)34/h9-10,13,15,17,21H,4-8,11-12,14H2,1-3H3,(H2,26,27,28,29)/t17-,21+/m0/s1. The molecule has 10 nitrogen and oxygen atoms in total. The normalized spacial score (nSPS) is 20.3. The van der Waals surface area contributed by atoms with E-state index in [4.69, 9.17) is 4.98 Å². The van der Waals surface area contributed by atoms with E-state index in [0.717, 1.165) is 18.1 Å². The lowest BCUT2D eigenvalue weighted by Crippen LogP contribution is -2.49. The molecule has 186 valence electrons. The Hall–Kier alpha value is -3.34. The highest BCUT2D eigenvalue weighted by Crippen LogP contribution is 2.32. The van der Waals surface area contributed by atoms with Crippen LogP contribution in [0.15, 0.2) is 24.4 Å². The number of nitrogens with zero attached hydrogens (tertiary/aromatic N) is 8. The number of piperidine rings is 2. The number of hydrogen-bond donors (Lipinski definition) is 2. The van der Waals surface area contributed by atoms with E-state index in [9.17, 15) is 4.39 Å². The van der Waals surface area contributed by atoms with Gasteiger partial charge in [-0.25, -0.2) is 9.37 Å². The molecule has 2 aliphatic rings. The van der Waals surface area contributed by atoms with E-state index in [-0.39, 0.29) is 5.69 Å². The lowest BCUT2D eigenvalue weighted by Gasteiger charge is -2.44. The van der Waals surface area contributed by atoms with E-state index in [1.165, 1.54) is 51.3 Å². The van der Waals surface area contributed by atoms with Crippen LogP contribution in [0.2, 0.25) is 0 Å². The third kappa shape index (κ3) is 5.04. The van der Waals surface area contributed by atoms with Crippen LogP contribution >= 0.6 is 0 Å². The molecule has 0 amide bonds. The van der Waals surface area contributed by atoms with Crippen molar-refractivity contribution in [2.75, 3.05) is 49.3 Å². The van der Waals surface area contributed by atoms with Gasteiger partial charge in [0.15, 0.2) is 11.6 Å². The Kier molecular flexibility index (Phi) is 6.76. The van der Waals surface area contributed by atoms with Crippen molar-refractivity contribution in [2.24, 2.45) is 5.92 Å². The number of aryl methyl sites for hydroxylation is 1. The van der Waals surface area contributed by atoms with E-state index in [1.54, 1.807) is 29.9 Å². The van der Waals surface area contributed by atoms with E-state index in [0.29, 0.717) is 29.4 Å². The summed E-state index contributed by atoms with van der Waals surface area (Å²) in [5.74, 6) is 1.87. The van der Waals surface area contributed by atoms with Gasteiger partial charge in [0.25, 0.3) is 0 Å². The van der Waals surface area contributed by atoms with Crippen LogP contribution in [0.4, 0.5) is 27.5 Å². The average molecular weight is 481 g/mol. The van der Waals surface area contributed by atoms with Gasteiger partial charge in [-0.1, -0.05) is 6.42 Å². The number of tetrazole rings is 1. The van der Waals surface area contributed by atoms with Crippen molar-refractivity contribution in [3.63, 3.8) is 0 Å². The van der Waals surface area contributed by atoms with Gasteiger partial charge in [-0.3, -0.25) is 0 Å². The number of anilines is 4. The Morgan fingerprint density at radius 1 is 1.14 bits per heavy atom. The highest BCUT2D eigenvalue weighted by Gasteiger charge is 2.32. The van der Waals surface area contributed by atoms with Crippen LogP contribution in [0.1, 0.15) is 37.9 Å². The van der Waals surface area contributed by atoms with Crippen LogP contribution < -0.4 is 15.5 Å². The van der Waals surface area contributed by atoms with Gasteiger partial charge >= 0.3 is 0 Å². The summed E-state index contributed by atoms with van der Waals surface area (Å²) >= 11 is 0. The van der Waals surface area contributed by atoms with Crippen LogP contribution in [0.5, 0.6) is 0 Å². The fraction of sp³-hybridized carbons (Fsp3) is 0.542. The molecule has 0 spiro atoms. The van der Waals surface area contributed by atoms with Gasteiger partial charge in [0.1, 0.15) is 5.82 Å². The Bertz CT molecular complexity index is 1160. The highest BCUT2D eigenvalue weighted by molar-refractivity contribution is 5.67. The van der Waals surface area contributed by atoms with Crippen molar-refractivity contribution in [1.82, 2.24) is 35.1 Å². The van der Waals surface area contributed by atoms with Gasteiger partial charge in [-0.15, -0.1) is 5.10 Å². The fourth-order valence-electron chi connectivity index (χ4n) is 5.27. The maximum Gasteiger partial charge on any atom is 0.229 e. The van der Waals surface area contributed by atoms with E-state index in [1.807, 2.05) is 19.0 Å². The predicted molar refractivity (Wildman–Crippen MR) is 134 cm³/mol. The Morgan fingerprint density at radius 3 is 2.80 bits per heavy atom. The molecule has 11 heteroatoms. The molecule has 5 rings (SSSR count). The third-order valence-electron chi connectivity index (χ3n) is 7.08. The van der Waals surface area contributed by atoms with Crippen LogP contribution in [0.25, 0.3) is 5.69 Å². The molecule has 0 saturated carbocycles. The monoisotopic (exact) mass is 480 g/mol.